The van der Waals surface area contributed by atoms with Gasteiger partial charge in [0.1, 0.15) is 0 Å². The van der Waals surface area contributed by atoms with Gasteiger partial charge in [-0.3, -0.25) is 0 Å². The minimum Gasteiger partial charge on any atom is -0.224 e. The molecule has 88 valence electrons. The zero-order chi connectivity index (χ0) is 12.1. The van der Waals surface area contributed by atoms with Crippen molar-refractivity contribution in [3.63, 3.8) is 0 Å². The van der Waals surface area contributed by atoms with Gasteiger partial charge in [0, 0.05) is 5.41 Å². The predicted octanol–water partition coefficient (Wildman–Crippen LogP) is 2.87. The molecule has 1 aromatic carbocycles. The lowest BCUT2D eigenvalue weighted by Gasteiger charge is -2.17. The second kappa shape index (κ2) is 3.33. The SMILES string of the molecule is CC(C)c1ccc2c(c1)S(=O)(=O)CC2(C)C. The van der Waals surface area contributed by atoms with Crippen LogP contribution in [0.15, 0.2) is 23.1 Å². The van der Waals surface area contributed by atoms with E-state index in [1.165, 1.54) is 0 Å². The highest BCUT2D eigenvalue weighted by molar-refractivity contribution is 7.91. The second-order valence-corrected chi connectivity index (χ2v) is 7.51. The Morgan fingerprint density at radius 2 is 1.88 bits per heavy atom. The molecule has 1 aromatic rings. The van der Waals surface area contributed by atoms with Crippen LogP contribution in [0.3, 0.4) is 0 Å². The molecule has 16 heavy (non-hydrogen) atoms. The number of sulfone groups is 1. The Balaban J connectivity index is 2.69. The Morgan fingerprint density at radius 1 is 1.25 bits per heavy atom. The van der Waals surface area contributed by atoms with Gasteiger partial charge in [-0.2, -0.15) is 0 Å². The van der Waals surface area contributed by atoms with Crippen LogP contribution in [-0.2, 0) is 15.3 Å². The van der Waals surface area contributed by atoms with Crippen LogP contribution in [0.25, 0.3) is 0 Å². The van der Waals surface area contributed by atoms with E-state index in [9.17, 15) is 8.42 Å². The average Bonchev–Trinajstić information content (AvgIpc) is 2.32. The molecular weight excluding hydrogens is 220 g/mol. The highest BCUT2D eigenvalue weighted by Crippen LogP contribution is 2.40. The van der Waals surface area contributed by atoms with E-state index in [4.69, 9.17) is 0 Å². The minimum absolute atomic E-state index is 0.233. The maximum absolute atomic E-state index is 12.0. The standard InChI is InChI=1S/C13H18O2S/c1-9(2)10-5-6-11-12(7-10)16(14,15)8-13(11,3)4/h5-7,9H,8H2,1-4H3. The Morgan fingerprint density at radius 3 is 2.44 bits per heavy atom. The summed E-state index contributed by atoms with van der Waals surface area (Å²) in [6.07, 6.45) is 0. The first-order chi connectivity index (χ1) is 7.24. The fourth-order valence-corrected chi connectivity index (χ4v) is 4.60. The van der Waals surface area contributed by atoms with Gasteiger partial charge >= 0.3 is 0 Å². The molecule has 0 atom stereocenters. The maximum Gasteiger partial charge on any atom is 0.179 e. The lowest BCUT2D eigenvalue weighted by molar-refractivity contribution is 0.572. The van der Waals surface area contributed by atoms with E-state index in [-0.39, 0.29) is 11.2 Å². The molecule has 0 N–H and O–H groups in total. The zero-order valence-electron chi connectivity index (χ0n) is 10.2. The Kier molecular flexibility index (Phi) is 2.42. The summed E-state index contributed by atoms with van der Waals surface area (Å²) in [4.78, 5) is 0.545. The van der Waals surface area contributed by atoms with Gasteiger partial charge in [0.05, 0.1) is 10.6 Å². The molecule has 2 rings (SSSR count). The Hall–Kier alpha value is -0.830. The van der Waals surface area contributed by atoms with Crippen molar-refractivity contribution in [1.82, 2.24) is 0 Å². The minimum atomic E-state index is -3.07. The van der Waals surface area contributed by atoms with Gasteiger partial charge in [0.25, 0.3) is 0 Å². The molecule has 0 radical (unpaired) electrons. The molecule has 1 aliphatic rings. The van der Waals surface area contributed by atoms with Gasteiger partial charge in [-0.05, 0) is 23.1 Å². The van der Waals surface area contributed by atoms with Gasteiger partial charge in [-0.25, -0.2) is 8.42 Å². The third-order valence-corrected chi connectivity index (χ3v) is 5.40. The summed E-state index contributed by atoms with van der Waals surface area (Å²) < 4.78 is 24.1. The summed E-state index contributed by atoms with van der Waals surface area (Å²) >= 11 is 0. The van der Waals surface area contributed by atoms with Crippen LogP contribution in [0.4, 0.5) is 0 Å². The van der Waals surface area contributed by atoms with E-state index in [0.717, 1.165) is 11.1 Å². The normalized spacial score (nSPS) is 21.1. The van der Waals surface area contributed by atoms with E-state index in [0.29, 0.717) is 10.8 Å². The van der Waals surface area contributed by atoms with E-state index in [2.05, 4.69) is 13.8 Å². The van der Waals surface area contributed by atoms with Crippen LogP contribution in [0.1, 0.15) is 44.7 Å². The number of hydrogen-bond acceptors (Lipinski definition) is 2. The van der Waals surface area contributed by atoms with Crippen molar-refractivity contribution in [3.05, 3.63) is 29.3 Å². The summed E-state index contributed by atoms with van der Waals surface area (Å²) in [5.41, 5.74) is 1.82. The van der Waals surface area contributed by atoms with E-state index >= 15 is 0 Å². The van der Waals surface area contributed by atoms with Crippen molar-refractivity contribution in [3.8, 4) is 0 Å². The first-order valence-electron chi connectivity index (χ1n) is 5.61. The maximum atomic E-state index is 12.0. The second-order valence-electron chi connectivity index (χ2n) is 5.55. The summed E-state index contributed by atoms with van der Waals surface area (Å²) in [7, 11) is -3.07. The fourth-order valence-electron chi connectivity index (χ4n) is 2.35. The van der Waals surface area contributed by atoms with Gasteiger partial charge in [-0.1, -0.05) is 39.8 Å². The van der Waals surface area contributed by atoms with Crippen LogP contribution >= 0.6 is 0 Å². The molecule has 0 saturated heterocycles. The molecule has 1 aliphatic heterocycles. The van der Waals surface area contributed by atoms with Gasteiger partial charge in [0.15, 0.2) is 9.84 Å². The summed E-state index contributed by atoms with van der Waals surface area (Å²) in [6, 6.07) is 5.88. The summed E-state index contributed by atoms with van der Waals surface area (Å²) in [5.74, 6) is 0.598. The monoisotopic (exact) mass is 238 g/mol. The smallest absolute Gasteiger partial charge is 0.179 e. The van der Waals surface area contributed by atoms with E-state index < -0.39 is 9.84 Å². The van der Waals surface area contributed by atoms with Gasteiger partial charge < -0.3 is 0 Å². The van der Waals surface area contributed by atoms with Crippen molar-refractivity contribution in [2.24, 2.45) is 0 Å². The number of benzene rings is 1. The highest BCUT2D eigenvalue weighted by Gasteiger charge is 2.40. The molecule has 0 fully saturated rings. The van der Waals surface area contributed by atoms with Crippen molar-refractivity contribution in [1.29, 1.82) is 0 Å². The zero-order valence-corrected chi connectivity index (χ0v) is 11.1. The molecule has 3 heteroatoms. The van der Waals surface area contributed by atoms with Gasteiger partial charge in [0.2, 0.25) is 0 Å². The van der Waals surface area contributed by atoms with Gasteiger partial charge in [-0.15, -0.1) is 0 Å². The van der Waals surface area contributed by atoms with Crippen LogP contribution in [0.2, 0.25) is 0 Å². The topological polar surface area (TPSA) is 34.1 Å². The van der Waals surface area contributed by atoms with Crippen molar-refractivity contribution in [2.75, 3.05) is 5.75 Å². The lowest BCUT2D eigenvalue weighted by atomic mass is 9.86. The van der Waals surface area contributed by atoms with E-state index in [1.54, 1.807) is 0 Å². The fraction of sp³-hybridized carbons (Fsp3) is 0.538. The Labute approximate surface area is 97.6 Å². The van der Waals surface area contributed by atoms with Crippen molar-refractivity contribution < 1.29 is 8.42 Å². The Bertz CT molecular complexity index is 525. The van der Waals surface area contributed by atoms with Crippen LogP contribution in [0, 0.1) is 0 Å². The molecule has 0 amide bonds. The van der Waals surface area contributed by atoms with E-state index in [1.807, 2.05) is 32.0 Å². The predicted molar refractivity (Wildman–Crippen MR) is 65.6 cm³/mol. The largest absolute Gasteiger partial charge is 0.224 e. The quantitative estimate of drug-likeness (QED) is 0.754. The number of hydrogen-bond donors (Lipinski definition) is 0. The molecule has 0 bridgehead atoms. The third kappa shape index (κ3) is 1.67. The molecule has 1 heterocycles. The molecule has 0 aliphatic carbocycles. The van der Waals surface area contributed by atoms with Crippen LogP contribution < -0.4 is 0 Å². The summed E-state index contributed by atoms with van der Waals surface area (Å²) in [5, 5.41) is 0. The molecule has 0 spiro atoms. The van der Waals surface area contributed by atoms with Crippen LogP contribution in [0.5, 0.6) is 0 Å². The first-order valence-corrected chi connectivity index (χ1v) is 7.26. The molecule has 0 aromatic heterocycles. The highest BCUT2D eigenvalue weighted by atomic mass is 32.2. The molecule has 0 unspecified atom stereocenters. The average molecular weight is 238 g/mol. The van der Waals surface area contributed by atoms with Crippen molar-refractivity contribution >= 4 is 9.84 Å². The molecule has 2 nitrogen and oxygen atoms in total. The van der Waals surface area contributed by atoms with Crippen LogP contribution in [-0.4, -0.2) is 14.2 Å². The van der Waals surface area contributed by atoms with Crippen molar-refractivity contribution in [2.45, 2.75) is 43.9 Å². The first kappa shape index (κ1) is 11.6. The molecule has 0 saturated carbocycles. The number of rotatable bonds is 1. The summed E-state index contributed by atoms with van der Waals surface area (Å²) in [6.45, 7) is 8.14. The number of fused-ring (bicyclic) bond motifs is 1. The third-order valence-electron chi connectivity index (χ3n) is 3.29. The molecular formula is C13H18O2S. The lowest BCUT2D eigenvalue weighted by Crippen LogP contribution is -2.18.